The van der Waals surface area contributed by atoms with Crippen molar-refractivity contribution in [3.8, 4) is 5.75 Å². The van der Waals surface area contributed by atoms with E-state index in [0.717, 1.165) is 11.5 Å². The lowest BCUT2D eigenvalue weighted by Gasteiger charge is -2.26. The average Bonchev–Trinajstić information content (AvgIpc) is 2.68. The molecule has 0 atom stereocenters. The zero-order chi connectivity index (χ0) is 19.4. The molecular formula is C19H22N2O4S2. The maximum absolute atomic E-state index is 12.9. The molecule has 0 spiro atoms. The van der Waals surface area contributed by atoms with Crippen LogP contribution in [0.4, 0.5) is 5.69 Å². The van der Waals surface area contributed by atoms with Crippen LogP contribution < -0.4 is 9.46 Å². The quantitative estimate of drug-likeness (QED) is 0.826. The van der Waals surface area contributed by atoms with Gasteiger partial charge in [0.15, 0.2) is 0 Å². The summed E-state index contributed by atoms with van der Waals surface area (Å²) >= 11 is 1.82. The molecule has 3 rings (SSSR count). The second kappa shape index (κ2) is 8.22. The molecule has 144 valence electrons. The Morgan fingerprint density at radius 2 is 1.78 bits per heavy atom. The Bertz CT molecular complexity index is 921. The number of methoxy groups -OCH3 is 1. The van der Waals surface area contributed by atoms with Gasteiger partial charge in [0, 0.05) is 35.8 Å². The van der Waals surface area contributed by atoms with Crippen LogP contribution in [0.25, 0.3) is 0 Å². The molecule has 1 saturated heterocycles. The summed E-state index contributed by atoms with van der Waals surface area (Å²) in [4.78, 5) is 14.6. The van der Waals surface area contributed by atoms with Crippen molar-refractivity contribution in [1.82, 2.24) is 4.90 Å². The SMILES string of the molecule is COc1ccc(NS(=O)(=O)c2cc(C(=O)N3CCSCC3)ccc2C)cc1. The molecule has 1 aliphatic rings. The predicted molar refractivity (Wildman–Crippen MR) is 108 cm³/mol. The van der Waals surface area contributed by atoms with Crippen molar-refractivity contribution in [1.29, 1.82) is 0 Å². The van der Waals surface area contributed by atoms with Crippen LogP contribution in [-0.4, -0.2) is 50.9 Å². The van der Waals surface area contributed by atoms with Gasteiger partial charge in [0.25, 0.3) is 15.9 Å². The molecule has 27 heavy (non-hydrogen) atoms. The first-order valence-electron chi connectivity index (χ1n) is 8.55. The Balaban J connectivity index is 1.86. The lowest BCUT2D eigenvalue weighted by Crippen LogP contribution is -2.38. The van der Waals surface area contributed by atoms with Crippen LogP contribution in [0.1, 0.15) is 15.9 Å². The van der Waals surface area contributed by atoms with Gasteiger partial charge in [-0.2, -0.15) is 11.8 Å². The number of anilines is 1. The summed E-state index contributed by atoms with van der Waals surface area (Å²) < 4.78 is 33.4. The molecule has 0 radical (unpaired) electrons. The fraction of sp³-hybridized carbons (Fsp3) is 0.316. The van der Waals surface area contributed by atoms with Crippen molar-refractivity contribution in [2.24, 2.45) is 0 Å². The summed E-state index contributed by atoms with van der Waals surface area (Å²) in [5.74, 6) is 2.32. The first-order valence-corrected chi connectivity index (χ1v) is 11.2. The molecule has 2 aromatic rings. The lowest BCUT2D eigenvalue weighted by atomic mass is 10.1. The summed E-state index contributed by atoms with van der Waals surface area (Å²) in [5, 5.41) is 0. The van der Waals surface area contributed by atoms with Gasteiger partial charge in [-0.05, 0) is 48.9 Å². The summed E-state index contributed by atoms with van der Waals surface area (Å²) in [6.45, 7) is 3.08. The van der Waals surface area contributed by atoms with E-state index in [0.29, 0.717) is 35.7 Å². The highest BCUT2D eigenvalue weighted by atomic mass is 32.2. The van der Waals surface area contributed by atoms with E-state index >= 15 is 0 Å². The third-order valence-electron chi connectivity index (χ3n) is 4.37. The number of sulfonamides is 1. The second-order valence-electron chi connectivity index (χ2n) is 6.22. The van der Waals surface area contributed by atoms with Crippen LogP contribution in [0.2, 0.25) is 0 Å². The molecule has 1 N–H and O–H groups in total. The number of ether oxygens (including phenoxy) is 1. The van der Waals surface area contributed by atoms with Crippen molar-refractivity contribution in [2.75, 3.05) is 36.4 Å². The smallest absolute Gasteiger partial charge is 0.262 e. The van der Waals surface area contributed by atoms with Crippen molar-refractivity contribution >= 4 is 33.4 Å². The highest BCUT2D eigenvalue weighted by Gasteiger charge is 2.23. The van der Waals surface area contributed by atoms with Gasteiger partial charge in [0.1, 0.15) is 5.75 Å². The third kappa shape index (κ3) is 4.56. The Hall–Kier alpha value is -2.19. The van der Waals surface area contributed by atoms with Crippen molar-refractivity contribution in [2.45, 2.75) is 11.8 Å². The van der Waals surface area contributed by atoms with E-state index < -0.39 is 10.0 Å². The summed E-state index contributed by atoms with van der Waals surface area (Å²) in [5.41, 5.74) is 1.41. The Morgan fingerprint density at radius 3 is 2.41 bits per heavy atom. The maximum atomic E-state index is 12.9. The third-order valence-corrected chi connectivity index (χ3v) is 6.83. The van der Waals surface area contributed by atoms with Crippen LogP contribution in [0.3, 0.4) is 0 Å². The topological polar surface area (TPSA) is 75.7 Å². The number of nitrogens with zero attached hydrogens (tertiary/aromatic N) is 1. The fourth-order valence-corrected chi connectivity index (χ4v) is 5.07. The second-order valence-corrected chi connectivity index (χ2v) is 9.09. The predicted octanol–water partition coefficient (Wildman–Crippen LogP) is 2.99. The van der Waals surface area contributed by atoms with Crippen LogP contribution >= 0.6 is 11.8 Å². The molecule has 8 heteroatoms. The number of hydrogen-bond acceptors (Lipinski definition) is 5. The largest absolute Gasteiger partial charge is 0.497 e. The molecule has 1 heterocycles. The summed E-state index contributed by atoms with van der Waals surface area (Å²) in [6.07, 6.45) is 0. The Morgan fingerprint density at radius 1 is 1.11 bits per heavy atom. The van der Waals surface area contributed by atoms with Crippen LogP contribution in [0, 0.1) is 6.92 Å². The molecular weight excluding hydrogens is 384 g/mol. The zero-order valence-corrected chi connectivity index (χ0v) is 16.9. The van der Waals surface area contributed by atoms with Gasteiger partial charge in [-0.15, -0.1) is 0 Å². The van der Waals surface area contributed by atoms with Gasteiger partial charge >= 0.3 is 0 Å². The number of amides is 1. The molecule has 1 aliphatic heterocycles. The summed E-state index contributed by atoms with van der Waals surface area (Å²) in [7, 11) is -2.27. The molecule has 0 saturated carbocycles. The van der Waals surface area contributed by atoms with Gasteiger partial charge in [0.05, 0.1) is 12.0 Å². The number of carbonyl (C=O) groups excluding carboxylic acids is 1. The highest BCUT2D eigenvalue weighted by Crippen LogP contribution is 2.23. The molecule has 1 amide bonds. The maximum Gasteiger partial charge on any atom is 0.262 e. The number of rotatable bonds is 5. The number of benzene rings is 2. The lowest BCUT2D eigenvalue weighted by molar-refractivity contribution is 0.0772. The van der Waals surface area contributed by atoms with Crippen molar-refractivity contribution < 1.29 is 17.9 Å². The van der Waals surface area contributed by atoms with E-state index in [-0.39, 0.29) is 10.8 Å². The van der Waals surface area contributed by atoms with Crippen LogP contribution in [-0.2, 0) is 10.0 Å². The van der Waals surface area contributed by atoms with Gasteiger partial charge in [-0.1, -0.05) is 6.07 Å². The van der Waals surface area contributed by atoms with E-state index in [4.69, 9.17) is 4.74 Å². The van der Waals surface area contributed by atoms with E-state index in [2.05, 4.69) is 4.72 Å². The van der Waals surface area contributed by atoms with E-state index in [9.17, 15) is 13.2 Å². The standard InChI is InChI=1S/C19H22N2O4S2/c1-14-3-4-15(19(22)21-9-11-26-12-10-21)13-18(14)27(23,24)20-16-5-7-17(25-2)8-6-16/h3-8,13,20H,9-12H2,1-2H3. The van der Waals surface area contributed by atoms with Crippen molar-refractivity contribution in [3.63, 3.8) is 0 Å². The van der Waals surface area contributed by atoms with E-state index in [1.807, 2.05) is 11.8 Å². The molecule has 0 unspecified atom stereocenters. The minimum absolute atomic E-state index is 0.107. The molecule has 0 aliphatic carbocycles. The van der Waals surface area contributed by atoms with E-state index in [1.54, 1.807) is 55.3 Å². The molecule has 0 bridgehead atoms. The number of hydrogen-bond donors (Lipinski definition) is 1. The molecule has 2 aromatic carbocycles. The van der Waals surface area contributed by atoms with Crippen molar-refractivity contribution in [3.05, 3.63) is 53.6 Å². The van der Waals surface area contributed by atoms with E-state index in [1.165, 1.54) is 6.07 Å². The van der Waals surface area contributed by atoms with Gasteiger partial charge < -0.3 is 9.64 Å². The number of aryl methyl sites for hydroxylation is 1. The monoisotopic (exact) mass is 406 g/mol. The first-order chi connectivity index (χ1) is 12.9. The average molecular weight is 407 g/mol. The minimum Gasteiger partial charge on any atom is -0.497 e. The molecule has 6 nitrogen and oxygen atoms in total. The number of carbonyl (C=O) groups is 1. The van der Waals surface area contributed by atoms with Crippen LogP contribution in [0.15, 0.2) is 47.4 Å². The van der Waals surface area contributed by atoms with Gasteiger partial charge in [-0.25, -0.2) is 8.42 Å². The molecule has 0 aromatic heterocycles. The van der Waals surface area contributed by atoms with Gasteiger partial charge in [0.2, 0.25) is 0 Å². The molecule has 1 fully saturated rings. The summed E-state index contributed by atoms with van der Waals surface area (Å²) in [6, 6.07) is 11.4. The minimum atomic E-state index is -3.82. The fourth-order valence-electron chi connectivity index (χ4n) is 2.84. The highest BCUT2D eigenvalue weighted by molar-refractivity contribution is 7.99. The Kier molecular flexibility index (Phi) is 5.96. The zero-order valence-electron chi connectivity index (χ0n) is 15.3. The number of nitrogens with one attached hydrogen (secondary N) is 1. The Labute approximate surface area is 164 Å². The van der Waals surface area contributed by atoms with Crippen LogP contribution in [0.5, 0.6) is 5.75 Å². The normalized spacial score (nSPS) is 14.7. The van der Waals surface area contributed by atoms with Gasteiger partial charge in [-0.3, -0.25) is 9.52 Å². The first kappa shape index (κ1) is 19.6. The number of thioether (sulfide) groups is 1.